The van der Waals surface area contributed by atoms with Crippen molar-refractivity contribution in [1.29, 1.82) is 0 Å². The van der Waals surface area contributed by atoms with E-state index in [0.29, 0.717) is 28.0 Å². The summed E-state index contributed by atoms with van der Waals surface area (Å²) in [7, 11) is 0. The van der Waals surface area contributed by atoms with Crippen LogP contribution in [0, 0.1) is 0 Å². The van der Waals surface area contributed by atoms with Gasteiger partial charge in [0, 0.05) is 11.5 Å². The summed E-state index contributed by atoms with van der Waals surface area (Å²) in [4.78, 5) is 10.5. The lowest BCUT2D eigenvalue weighted by Gasteiger charge is -2.10. The van der Waals surface area contributed by atoms with Gasteiger partial charge in [-0.2, -0.15) is 13.2 Å². The SMILES string of the molecule is O=CCc1onc2cc(OCc3cccc(C(F)(F)F)c3)ccc12. The lowest BCUT2D eigenvalue weighted by molar-refractivity contribution is -0.137. The molecule has 0 radical (unpaired) electrons. The van der Waals surface area contributed by atoms with Gasteiger partial charge in [-0.15, -0.1) is 0 Å². The van der Waals surface area contributed by atoms with Gasteiger partial charge in [0.15, 0.2) is 5.76 Å². The lowest BCUT2D eigenvalue weighted by atomic mass is 10.1. The van der Waals surface area contributed by atoms with Gasteiger partial charge in [0.2, 0.25) is 0 Å². The number of aromatic nitrogens is 1. The molecule has 0 aliphatic carbocycles. The van der Waals surface area contributed by atoms with Gasteiger partial charge in [-0.05, 0) is 29.8 Å². The van der Waals surface area contributed by atoms with E-state index in [2.05, 4.69) is 5.16 Å². The summed E-state index contributed by atoms with van der Waals surface area (Å²) < 4.78 is 48.6. The Morgan fingerprint density at radius 1 is 1.17 bits per heavy atom. The van der Waals surface area contributed by atoms with Crippen LogP contribution in [0.4, 0.5) is 13.2 Å². The summed E-state index contributed by atoms with van der Waals surface area (Å²) in [5.74, 6) is 0.912. The summed E-state index contributed by atoms with van der Waals surface area (Å²) >= 11 is 0. The molecule has 0 N–H and O–H groups in total. The first-order valence-electron chi connectivity index (χ1n) is 7.08. The zero-order valence-electron chi connectivity index (χ0n) is 12.3. The zero-order chi connectivity index (χ0) is 17.2. The molecule has 0 atom stereocenters. The highest BCUT2D eigenvalue weighted by atomic mass is 19.4. The van der Waals surface area contributed by atoms with Crippen LogP contribution in [-0.4, -0.2) is 11.4 Å². The van der Waals surface area contributed by atoms with Gasteiger partial charge >= 0.3 is 6.18 Å². The van der Waals surface area contributed by atoms with E-state index < -0.39 is 11.7 Å². The third kappa shape index (κ3) is 3.40. The maximum Gasteiger partial charge on any atom is 0.416 e. The maximum absolute atomic E-state index is 12.7. The minimum atomic E-state index is -4.38. The van der Waals surface area contributed by atoms with Crippen molar-refractivity contribution >= 4 is 17.2 Å². The molecule has 0 unspecified atom stereocenters. The van der Waals surface area contributed by atoms with Crippen LogP contribution in [0.3, 0.4) is 0 Å². The van der Waals surface area contributed by atoms with Crippen molar-refractivity contribution < 1.29 is 27.2 Å². The first-order valence-corrected chi connectivity index (χ1v) is 7.08. The van der Waals surface area contributed by atoms with Crippen LogP contribution in [0.2, 0.25) is 0 Å². The Bertz CT molecular complexity index is 871. The third-order valence-corrected chi connectivity index (χ3v) is 3.45. The molecular weight excluding hydrogens is 323 g/mol. The number of ether oxygens (including phenoxy) is 1. The normalized spacial score (nSPS) is 11.6. The average Bonchev–Trinajstić information content (AvgIpc) is 2.95. The molecule has 0 fully saturated rings. The highest BCUT2D eigenvalue weighted by Gasteiger charge is 2.30. The van der Waals surface area contributed by atoms with E-state index in [-0.39, 0.29) is 13.0 Å². The number of benzene rings is 2. The maximum atomic E-state index is 12.7. The Labute approximate surface area is 134 Å². The molecule has 0 bridgehead atoms. The van der Waals surface area contributed by atoms with Crippen molar-refractivity contribution in [2.24, 2.45) is 0 Å². The minimum absolute atomic E-state index is 0.00548. The number of rotatable bonds is 5. The molecule has 1 aromatic heterocycles. The lowest BCUT2D eigenvalue weighted by Crippen LogP contribution is -2.06. The van der Waals surface area contributed by atoms with Crippen molar-refractivity contribution in [3.8, 4) is 5.75 Å². The molecule has 4 nitrogen and oxygen atoms in total. The van der Waals surface area contributed by atoms with E-state index >= 15 is 0 Å². The number of hydrogen-bond acceptors (Lipinski definition) is 4. The van der Waals surface area contributed by atoms with Gasteiger partial charge < -0.3 is 14.1 Å². The van der Waals surface area contributed by atoms with Crippen LogP contribution in [0.15, 0.2) is 47.0 Å². The van der Waals surface area contributed by atoms with E-state index in [1.165, 1.54) is 6.07 Å². The van der Waals surface area contributed by atoms with E-state index in [4.69, 9.17) is 9.26 Å². The molecule has 124 valence electrons. The minimum Gasteiger partial charge on any atom is -0.489 e. The molecule has 0 saturated heterocycles. The number of nitrogens with zero attached hydrogens (tertiary/aromatic N) is 1. The summed E-state index contributed by atoms with van der Waals surface area (Å²) in [5.41, 5.74) is 0.217. The van der Waals surface area contributed by atoms with Crippen LogP contribution in [0.25, 0.3) is 10.9 Å². The van der Waals surface area contributed by atoms with Crippen molar-refractivity contribution in [2.45, 2.75) is 19.2 Å². The first-order chi connectivity index (χ1) is 11.5. The Hall–Kier alpha value is -2.83. The van der Waals surface area contributed by atoms with Crippen LogP contribution in [-0.2, 0) is 24.0 Å². The van der Waals surface area contributed by atoms with Gasteiger partial charge in [-0.3, -0.25) is 0 Å². The monoisotopic (exact) mass is 335 g/mol. The number of hydrogen-bond donors (Lipinski definition) is 0. The average molecular weight is 335 g/mol. The first kappa shape index (κ1) is 16.0. The van der Waals surface area contributed by atoms with Gasteiger partial charge in [0.25, 0.3) is 0 Å². The fourth-order valence-corrected chi connectivity index (χ4v) is 2.29. The van der Waals surface area contributed by atoms with Crippen LogP contribution in [0.5, 0.6) is 5.75 Å². The van der Waals surface area contributed by atoms with E-state index in [0.717, 1.165) is 18.4 Å². The molecule has 3 aromatic rings. The third-order valence-electron chi connectivity index (χ3n) is 3.45. The second kappa shape index (κ2) is 6.35. The van der Waals surface area contributed by atoms with E-state index in [9.17, 15) is 18.0 Å². The highest BCUT2D eigenvalue weighted by molar-refractivity contribution is 5.83. The molecule has 0 amide bonds. The number of carbonyl (C=O) groups is 1. The van der Waals surface area contributed by atoms with Gasteiger partial charge in [0.05, 0.1) is 12.0 Å². The molecule has 0 saturated carbocycles. The van der Waals surface area contributed by atoms with Crippen molar-refractivity contribution in [3.05, 3.63) is 59.4 Å². The molecule has 2 aromatic carbocycles. The summed E-state index contributed by atoms with van der Waals surface area (Å²) in [5, 5.41) is 4.54. The molecule has 7 heteroatoms. The largest absolute Gasteiger partial charge is 0.489 e. The van der Waals surface area contributed by atoms with Crippen molar-refractivity contribution in [1.82, 2.24) is 5.16 Å². The Kier molecular flexibility index (Phi) is 4.24. The number of alkyl halides is 3. The Balaban J connectivity index is 1.75. The summed E-state index contributed by atoms with van der Waals surface area (Å²) in [6.07, 6.45) is -3.54. The summed E-state index contributed by atoms with van der Waals surface area (Å²) in [6.45, 7) is -0.00548. The Morgan fingerprint density at radius 2 is 2.00 bits per heavy atom. The van der Waals surface area contributed by atoms with Crippen molar-refractivity contribution in [3.63, 3.8) is 0 Å². The van der Waals surface area contributed by atoms with Crippen molar-refractivity contribution in [2.75, 3.05) is 0 Å². The van der Waals surface area contributed by atoms with Gasteiger partial charge in [0.1, 0.15) is 24.2 Å². The van der Waals surface area contributed by atoms with Crippen LogP contribution in [0.1, 0.15) is 16.9 Å². The molecule has 0 aliphatic rings. The second-order valence-electron chi connectivity index (χ2n) is 5.14. The Morgan fingerprint density at radius 3 is 2.75 bits per heavy atom. The molecular formula is C17H12F3NO3. The predicted molar refractivity (Wildman–Crippen MR) is 79.6 cm³/mol. The number of carbonyl (C=O) groups excluding carboxylic acids is 1. The van der Waals surface area contributed by atoms with E-state index in [1.807, 2.05) is 0 Å². The van der Waals surface area contributed by atoms with Crippen LogP contribution >= 0.6 is 0 Å². The summed E-state index contributed by atoms with van der Waals surface area (Å²) in [6, 6.07) is 9.94. The molecule has 24 heavy (non-hydrogen) atoms. The standard InChI is InChI=1S/C17H12F3NO3/c18-17(19,20)12-3-1-2-11(8-12)10-23-13-4-5-14-15(9-13)21-24-16(14)6-7-22/h1-5,7-9H,6,10H2. The van der Waals surface area contributed by atoms with E-state index in [1.54, 1.807) is 24.3 Å². The number of halogens is 3. The smallest absolute Gasteiger partial charge is 0.416 e. The topological polar surface area (TPSA) is 52.3 Å². The molecule has 1 heterocycles. The fraction of sp³-hybridized carbons (Fsp3) is 0.176. The fourth-order valence-electron chi connectivity index (χ4n) is 2.29. The highest BCUT2D eigenvalue weighted by Crippen LogP contribution is 2.30. The molecule has 0 spiro atoms. The molecule has 0 aliphatic heterocycles. The van der Waals surface area contributed by atoms with Crippen LogP contribution < -0.4 is 4.74 Å². The van der Waals surface area contributed by atoms with Gasteiger partial charge in [-0.25, -0.2) is 0 Å². The predicted octanol–water partition coefficient (Wildman–Crippen LogP) is 4.17. The number of fused-ring (bicyclic) bond motifs is 1. The quantitative estimate of drug-likeness (QED) is 0.657. The van der Waals surface area contributed by atoms with Gasteiger partial charge in [-0.1, -0.05) is 17.3 Å². The number of aldehydes is 1. The second-order valence-corrected chi connectivity index (χ2v) is 5.14. The zero-order valence-corrected chi connectivity index (χ0v) is 12.3. The molecule has 3 rings (SSSR count).